The van der Waals surface area contributed by atoms with Crippen LogP contribution in [0.15, 0.2) is 55.4 Å². The molecule has 1 amide bonds. The second-order valence-corrected chi connectivity index (χ2v) is 10.6. The summed E-state index contributed by atoms with van der Waals surface area (Å²) in [7, 11) is 4.01. The van der Waals surface area contributed by atoms with E-state index in [4.69, 9.17) is 21.3 Å². The number of carbonyl (C=O) groups excluding carboxylic acids is 1. The highest BCUT2D eigenvalue weighted by molar-refractivity contribution is 6.31. The van der Waals surface area contributed by atoms with Crippen LogP contribution >= 0.6 is 11.6 Å². The van der Waals surface area contributed by atoms with Crippen LogP contribution in [0.3, 0.4) is 0 Å². The molecule has 2 heterocycles. The predicted octanol–water partition coefficient (Wildman–Crippen LogP) is 6.31. The van der Waals surface area contributed by atoms with E-state index in [1.807, 2.05) is 66.1 Å². The molecular formula is C29H35ClN4O2. The van der Waals surface area contributed by atoms with E-state index in [9.17, 15) is 4.79 Å². The van der Waals surface area contributed by atoms with Crippen molar-refractivity contribution in [3.05, 3.63) is 82.8 Å². The third-order valence-electron chi connectivity index (χ3n) is 5.60. The number of pyridine rings is 2. The van der Waals surface area contributed by atoms with Crippen LogP contribution in [0.2, 0.25) is 5.02 Å². The molecule has 0 bridgehead atoms. The molecule has 0 saturated carbocycles. The van der Waals surface area contributed by atoms with Gasteiger partial charge in [0.25, 0.3) is 0 Å². The fraction of sp³-hybridized carbons (Fsp3) is 0.345. The lowest BCUT2D eigenvalue weighted by atomic mass is 9.92. The first-order chi connectivity index (χ1) is 17.0. The average Bonchev–Trinajstić information content (AvgIpc) is 2.79. The number of ether oxygens (including phenoxy) is 1. The fourth-order valence-electron chi connectivity index (χ4n) is 3.97. The number of hydrogen-bond acceptors (Lipinski definition) is 5. The highest BCUT2D eigenvalue weighted by Crippen LogP contribution is 2.32. The van der Waals surface area contributed by atoms with Gasteiger partial charge in [-0.25, -0.2) is 4.98 Å². The Morgan fingerprint density at radius 1 is 1.25 bits per heavy atom. The maximum Gasteiger partial charge on any atom is 0.220 e. The molecule has 0 fully saturated rings. The van der Waals surface area contributed by atoms with Crippen molar-refractivity contribution in [3.63, 3.8) is 0 Å². The van der Waals surface area contributed by atoms with Gasteiger partial charge >= 0.3 is 0 Å². The molecule has 2 aromatic heterocycles. The molecule has 7 heteroatoms. The summed E-state index contributed by atoms with van der Waals surface area (Å²) in [5.41, 5.74) is 5.25. The van der Waals surface area contributed by atoms with Crippen molar-refractivity contribution in [1.29, 1.82) is 0 Å². The Morgan fingerprint density at radius 3 is 2.67 bits per heavy atom. The number of aryl methyl sites for hydroxylation is 1. The van der Waals surface area contributed by atoms with Crippen LogP contribution in [-0.2, 0) is 17.9 Å². The van der Waals surface area contributed by atoms with Crippen molar-refractivity contribution >= 4 is 34.1 Å². The minimum Gasteiger partial charge on any atom is -0.487 e. The second kappa shape index (κ2) is 11.6. The number of amides is 1. The largest absolute Gasteiger partial charge is 0.487 e. The molecule has 0 aliphatic heterocycles. The standard InChI is InChI=1S/C29H35ClN4O2/c1-8-10-25(34(6)7)22-13-19(2)33-28-21(22)11-9-12-26(28)36-18-23-20(15-31-17-24(23)30)16-32-27(35)14-29(3,4)5/h8-13,15,17H,1,14,16,18H2,2-7H3,(H,32,35)/b25-10-. The van der Waals surface area contributed by atoms with E-state index >= 15 is 0 Å². The maximum atomic E-state index is 12.3. The molecule has 190 valence electrons. The van der Waals surface area contributed by atoms with Gasteiger partial charge in [0.1, 0.15) is 17.9 Å². The number of halogens is 1. The second-order valence-electron chi connectivity index (χ2n) is 10.2. The first-order valence-electron chi connectivity index (χ1n) is 11.9. The van der Waals surface area contributed by atoms with Crippen LogP contribution < -0.4 is 10.1 Å². The van der Waals surface area contributed by atoms with Gasteiger partial charge in [-0.3, -0.25) is 9.78 Å². The Labute approximate surface area is 219 Å². The number of rotatable bonds is 9. The summed E-state index contributed by atoms with van der Waals surface area (Å²) in [5, 5.41) is 4.45. The molecule has 6 nitrogen and oxygen atoms in total. The number of nitrogens with one attached hydrogen (secondary N) is 1. The Bertz CT molecular complexity index is 1290. The summed E-state index contributed by atoms with van der Waals surface area (Å²) in [6.07, 6.45) is 7.51. The number of benzene rings is 1. The molecule has 1 aromatic carbocycles. The van der Waals surface area contributed by atoms with Crippen molar-refractivity contribution in [2.45, 2.75) is 47.3 Å². The topological polar surface area (TPSA) is 67.4 Å². The molecule has 3 rings (SSSR count). The molecule has 1 N–H and O–H groups in total. The highest BCUT2D eigenvalue weighted by atomic mass is 35.5. The van der Waals surface area contributed by atoms with Gasteiger partial charge in [0, 0.05) is 67.4 Å². The van der Waals surface area contributed by atoms with Crippen molar-refractivity contribution in [2.24, 2.45) is 5.41 Å². The number of hydrogen-bond donors (Lipinski definition) is 1. The third-order valence-corrected chi connectivity index (χ3v) is 5.92. The molecule has 0 atom stereocenters. The van der Waals surface area contributed by atoms with Crippen molar-refractivity contribution in [1.82, 2.24) is 20.2 Å². The Morgan fingerprint density at radius 2 is 2.00 bits per heavy atom. The molecule has 0 aliphatic rings. The van der Waals surface area contributed by atoms with Crippen molar-refractivity contribution in [3.8, 4) is 5.75 Å². The van der Waals surface area contributed by atoms with Gasteiger partial charge in [0.15, 0.2) is 0 Å². The van der Waals surface area contributed by atoms with Gasteiger partial charge in [-0.2, -0.15) is 0 Å². The number of carbonyl (C=O) groups is 1. The molecule has 0 spiro atoms. The minimum absolute atomic E-state index is 0.0140. The summed E-state index contributed by atoms with van der Waals surface area (Å²) < 4.78 is 6.28. The number of para-hydroxylation sites is 1. The Kier molecular flexibility index (Phi) is 8.75. The van der Waals surface area contributed by atoms with Gasteiger partial charge in [0.05, 0.1) is 5.02 Å². The van der Waals surface area contributed by atoms with Gasteiger partial charge < -0.3 is 15.0 Å². The summed E-state index contributed by atoms with van der Waals surface area (Å²) in [4.78, 5) is 23.4. The maximum absolute atomic E-state index is 12.3. The average molecular weight is 507 g/mol. The van der Waals surface area contributed by atoms with Crippen LogP contribution in [0.5, 0.6) is 5.75 Å². The lowest BCUT2D eigenvalue weighted by molar-refractivity contribution is -0.122. The molecular weight excluding hydrogens is 472 g/mol. The van der Waals surface area contributed by atoms with Crippen LogP contribution in [0.25, 0.3) is 16.6 Å². The van der Waals surface area contributed by atoms with Crippen LogP contribution in [0.4, 0.5) is 0 Å². The van der Waals surface area contributed by atoms with E-state index in [0.29, 0.717) is 23.7 Å². The zero-order valence-electron chi connectivity index (χ0n) is 22.0. The Hall–Kier alpha value is -3.38. The number of aromatic nitrogens is 2. The van der Waals surface area contributed by atoms with Crippen LogP contribution in [0.1, 0.15) is 49.6 Å². The van der Waals surface area contributed by atoms with Gasteiger partial charge in [-0.05, 0) is 36.1 Å². The zero-order valence-corrected chi connectivity index (χ0v) is 22.7. The lowest BCUT2D eigenvalue weighted by Crippen LogP contribution is -2.27. The molecule has 0 radical (unpaired) electrons. The first-order valence-corrected chi connectivity index (χ1v) is 12.3. The van der Waals surface area contributed by atoms with E-state index in [0.717, 1.165) is 39.0 Å². The number of allylic oxidation sites excluding steroid dienone is 2. The van der Waals surface area contributed by atoms with E-state index in [-0.39, 0.29) is 17.9 Å². The monoisotopic (exact) mass is 506 g/mol. The van der Waals surface area contributed by atoms with Gasteiger partial charge in [-0.1, -0.05) is 57.2 Å². The third kappa shape index (κ3) is 6.85. The van der Waals surface area contributed by atoms with Gasteiger partial charge in [0.2, 0.25) is 5.91 Å². The van der Waals surface area contributed by atoms with E-state index in [1.165, 1.54) is 0 Å². The summed E-state index contributed by atoms with van der Waals surface area (Å²) >= 11 is 6.50. The zero-order chi connectivity index (χ0) is 26.5. The summed E-state index contributed by atoms with van der Waals surface area (Å²) in [6, 6.07) is 7.98. The smallest absolute Gasteiger partial charge is 0.220 e. The predicted molar refractivity (Wildman–Crippen MR) is 148 cm³/mol. The number of fused-ring (bicyclic) bond motifs is 1. The van der Waals surface area contributed by atoms with E-state index in [2.05, 4.69) is 27.8 Å². The SMILES string of the molecule is C=C/C=C(/c1cc(C)nc2c(OCc3c(Cl)cncc3CNC(=O)CC(C)(C)C)cccc12)N(C)C. The molecule has 0 aliphatic carbocycles. The highest BCUT2D eigenvalue weighted by Gasteiger charge is 2.18. The molecule has 3 aromatic rings. The molecule has 0 unspecified atom stereocenters. The number of nitrogens with zero attached hydrogens (tertiary/aromatic N) is 3. The van der Waals surface area contributed by atoms with Crippen molar-refractivity contribution < 1.29 is 9.53 Å². The van der Waals surface area contributed by atoms with E-state index < -0.39 is 0 Å². The quantitative estimate of drug-likeness (QED) is 0.344. The normalized spacial score (nSPS) is 11.9. The van der Waals surface area contributed by atoms with Crippen molar-refractivity contribution in [2.75, 3.05) is 14.1 Å². The summed E-state index contributed by atoms with van der Waals surface area (Å²) in [5.74, 6) is 0.643. The lowest BCUT2D eigenvalue weighted by Gasteiger charge is -2.20. The van der Waals surface area contributed by atoms with Crippen LogP contribution in [-0.4, -0.2) is 34.9 Å². The van der Waals surface area contributed by atoms with Gasteiger partial charge in [-0.15, -0.1) is 0 Å². The first kappa shape index (κ1) is 27.2. The Balaban J connectivity index is 1.91. The van der Waals surface area contributed by atoms with E-state index in [1.54, 1.807) is 18.5 Å². The summed E-state index contributed by atoms with van der Waals surface area (Å²) in [6.45, 7) is 12.5. The minimum atomic E-state index is -0.0890. The van der Waals surface area contributed by atoms with Crippen LogP contribution in [0, 0.1) is 12.3 Å². The fourth-order valence-corrected chi connectivity index (χ4v) is 4.21. The molecule has 0 saturated heterocycles. The molecule has 36 heavy (non-hydrogen) atoms.